The fourth-order valence-corrected chi connectivity index (χ4v) is 4.94. The molecule has 33 heavy (non-hydrogen) atoms. The molecule has 1 aliphatic rings. The van der Waals surface area contributed by atoms with E-state index in [0.29, 0.717) is 39.7 Å². The lowest BCUT2D eigenvalue weighted by Crippen LogP contribution is -2.28. The van der Waals surface area contributed by atoms with Crippen LogP contribution in [0.2, 0.25) is 0 Å². The van der Waals surface area contributed by atoms with Gasteiger partial charge in [0.25, 0.3) is 5.91 Å². The number of halogens is 1. The number of thioether (sulfide) groups is 1. The molecule has 0 spiro atoms. The number of hydrazone groups is 1. The standard InChI is InChI=1S/C22H18FN5O3S2/c23-15-7-5-14(6-8-15)12-24-21-25-26-22(33-21)32-13-20(29)28-17(19-4-2-10-31-19)11-16(27-28)18-3-1-9-30-18/h1-10,17H,11-13H2,(H,24,25). The van der Waals surface area contributed by atoms with Gasteiger partial charge in [-0.15, -0.1) is 10.2 Å². The summed E-state index contributed by atoms with van der Waals surface area (Å²) in [4.78, 5) is 13.0. The number of nitrogens with zero attached hydrogens (tertiary/aromatic N) is 4. The normalized spacial score (nSPS) is 15.6. The fraction of sp³-hybridized carbons (Fsp3) is 0.182. The predicted octanol–water partition coefficient (Wildman–Crippen LogP) is 4.95. The van der Waals surface area contributed by atoms with E-state index in [9.17, 15) is 9.18 Å². The Bertz CT molecular complexity index is 1240. The van der Waals surface area contributed by atoms with Gasteiger partial charge in [-0.1, -0.05) is 35.2 Å². The molecule has 0 bridgehead atoms. The number of furan rings is 2. The maximum atomic E-state index is 13.0. The highest BCUT2D eigenvalue weighted by Gasteiger charge is 2.35. The minimum atomic E-state index is -0.324. The lowest BCUT2D eigenvalue weighted by atomic mass is 10.1. The second-order valence-corrected chi connectivity index (χ2v) is 9.34. The molecule has 5 rings (SSSR count). The molecule has 0 saturated carbocycles. The molecule has 1 N–H and O–H groups in total. The van der Waals surface area contributed by atoms with E-state index in [2.05, 4.69) is 20.6 Å². The summed E-state index contributed by atoms with van der Waals surface area (Å²) in [5.74, 6) is 1.01. The lowest BCUT2D eigenvalue weighted by molar-refractivity contribution is -0.130. The highest BCUT2D eigenvalue weighted by Crippen LogP contribution is 2.34. The third-order valence-electron chi connectivity index (χ3n) is 4.93. The maximum absolute atomic E-state index is 13.0. The highest BCUT2D eigenvalue weighted by molar-refractivity contribution is 8.01. The summed E-state index contributed by atoms with van der Waals surface area (Å²) in [5, 5.41) is 18.0. The summed E-state index contributed by atoms with van der Waals surface area (Å²) in [6, 6.07) is 13.2. The van der Waals surface area contributed by atoms with E-state index >= 15 is 0 Å². The number of hydrogen-bond acceptors (Lipinski definition) is 9. The second-order valence-electron chi connectivity index (χ2n) is 7.14. The summed E-state index contributed by atoms with van der Waals surface area (Å²) < 4.78 is 24.7. The van der Waals surface area contributed by atoms with Crippen LogP contribution in [0.3, 0.4) is 0 Å². The summed E-state index contributed by atoms with van der Waals surface area (Å²) in [6.07, 6.45) is 3.67. The number of anilines is 1. The Morgan fingerprint density at radius 3 is 2.73 bits per heavy atom. The Kier molecular flexibility index (Phi) is 6.22. The first-order chi connectivity index (χ1) is 16.2. The number of hydrogen-bond donors (Lipinski definition) is 1. The molecule has 11 heteroatoms. The van der Waals surface area contributed by atoms with Gasteiger partial charge in [0.1, 0.15) is 29.1 Å². The zero-order valence-electron chi connectivity index (χ0n) is 17.2. The summed E-state index contributed by atoms with van der Waals surface area (Å²) in [5.41, 5.74) is 1.63. The molecular formula is C22H18FN5O3S2. The van der Waals surface area contributed by atoms with Crippen LogP contribution < -0.4 is 5.32 Å². The smallest absolute Gasteiger partial charge is 0.253 e. The first-order valence-corrected chi connectivity index (χ1v) is 11.9. The molecule has 1 unspecified atom stereocenters. The van der Waals surface area contributed by atoms with Crippen LogP contribution in [0.25, 0.3) is 0 Å². The average molecular weight is 484 g/mol. The summed E-state index contributed by atoms with van der Waals surface area (Å²) >= 11 is 2.65. The highest BCUT2D eigenvalue weighted by atomic mass is 32.2. The first kappa shape index (κ1) is 21.4. The van der Waals surface area contributed by atoms with Gasteiger partial charge < -0.3 is 14.2 Å². The van der Waals surface area contributed by atoms with Gasteiger partial charge in [-0.25, -0.2) is 9.40 Å². The zero-order chi connectivity index (χ0) is 22.6. The van der Waals surface area contributed by atoms with E-state index in [1.54, 1.807) is 36.8 Å². The van der Waals surface area contributed by atoms with Gasteiger partial charge in [0, 0.05) is 13.0 Å². The van der Waals surface area contributed by atoms with Crippen LogP contribution >= 0.6 is 23.1 Å². The van der Waals surface area contributed by atoms with E-state index < -0.39 is 0 Å². The predicted molar refractivity (Wildman–Crippen MR) is 123 cm³/mol. The van der Waals surface area contributed by atoms with Gasteiger partial charge in [0.15, 0.2) is 4.34 Å². The van der Waals surface area contributed by atoms with Crippen molar-refractivity contribution in [3.8, 4) is 0 Å². The monoisotopic (exact) mass is 483 g/mol. The van der Waals surface area contributed by atoms with E-state index in [4.69, 9.17) is 8.83 Å². The first-order valence-electron chi connectivity index (χ1n) is 10.1. The Labute approximate surface area is 196 Å². The van der Waals surface area contributed by atoms with Crippen molar-refractivity contribution >= 4 is 39.8 Å². The molecule has 0 fully saturated rings. The molecule has 1 atom stereocenters. The largest absolute Gasteiger partial charge is 0.467 e. The Balaban J connectivity index is 1.21. The van der Waals surface area contributed by atoms with E-state index in [1.807, 2.05) is 12.1 Å². The quantitative estimate of drug-likeness (QED) is 0.354. The van der Waals surface area contributed by atoms with Crippen molar-refractivity contribution in [1.29, 1.82) is 0 Å². The van der Waals surface area contributed by atoms with Gasteiger partial charge in [0.2, 0.25) is 5.13 Å². The van der Waals surface area contributed by atoms with Crippen LogP contribution in [-0.2, 0) is 11.3 Å². The molecule has 4 aromatic rings. The molecule has 1 aliphatic heterocycles. The molecule has 0 saturated heterocycles. The third-order valence-corrected chi connectivity index (χ3v) is 6.92. The van der Waals surface area contributed by atoms with Gasteiger partial charge in [-0.2, -0.15) is 5.10 Å². The van der Waals surface area contributed by atoms with E-state index in [1.165, 1.54) is 40.2 Å². The number of rotatable bonds is 8. The topological polar surface area (TPSA) is 96.8 Å². The average Bonchev–Trinajstić information content (AvgIpc) is 3.63. The number of amides is 1. The van der Waals surface area contributed by atoms with Crippen LogP contribution in [0.1, 0.15) is 29.5 Å². The summed E-state index contributed by atoms with van der Waals surface area (Å²) in [6.45, 7) is 0.501. The molecule has 0 aliphatic carbocycles. The van der Waals surface area contributed by atoms with Crippen LogP contribution in [0.5, 0.6) is 0 Å². The SMILES string of the molecule is O=C(CSc1nnc(NCc2ccc(F)cc2)s1)N1N=C(c2ccco2)CC1c1ccco1. The van der Waals surface area contributed by atoms with Crippen LogP contribution in [0, 0.1) is 5.82 Å². The molecule has 168 valence electrons. The molecular weight excluding hydrogens is 465 g/mol. The minimum absolute atomic E-state index is 0.152. The molecule has 4 heterocycles. The van der Waals surface area contributed by atoms with Crippen molar-refractivity contribution in [2.24, 2.45) is 5.10 Å². The van der Waals surface area contributed by atoms with Crippen LogP contribution in [-0.4, -0.2) is 32.6 Å². The Morgan fingerprint density at radius 2 is 1.97 bits per heavy atom. The van der Waals surface area contributed by atoms with Crippen molar-refractivity contribution in [3.63, 3.8) is 0 Å². The molecule has 1 aromatic carbocycles. The van der Waals surface area contributed by atoms with Gasteiger partial charge in [-0.3, -0.25) is 4.79 Å². The van der Waals surface area contributed by atoms with Crippen molar-refractivity contribution in [1.82, 2.24) is 15.2 Å². The van der Waals surface area contributed by atoms with Crippen molar-refractivity contribution in [2.75, 3.05) is 11.1 Å². The van der Waals surface area contributed by atoms with Gasteiger partial charge in [0.05, 0.1) is 18.3 Å². The second kappa shape index (κ2) is 9.59. The summed E-state index contributed by atoms with van der Waals surface area (Å²) in [7, 11) is 0. The molecule has 8 nitrogen and oxygen atoms in total. The maximum Gasteiger partial charge on any atom is 0.253 e. The third kappa shape index (κ3) is 4.99. The number of carbonyl (C=O) groups is 1. The lowest BCUT2D eigenvalue weighted by Gasteiger charge is -2.19. The Morgan fingerprint density at radius 1 is 1.15 bits per heavy atom. The van der Waals surface area contributed by atoms with Crippen molar-refractivity contribution in [3.05, 3.63) is 84.0 Å². The van der Waals surface area contributed by atoms with E-state index in [-0.39, 0.29) is 23.5 Å². The number of aromatic nitrogens is 2. The Hall–Kier alpha value is -3.44. The molecule has 1 amide bonds. The van der Waals surface area contributed by atoms with Gasteiger partial charge in [-0.05, 0) is 42.0 Å². The van der Waals surface area contributed by atoms with Gasteiger partial charge >= 0.3 is 0 Å². The van der Waals surface area contributed by atoms with Crippen molar-refractivity contribution < 1.29 is 18.0 Å². The minimum Gasteiger partial charge on any atom is -0.467 e. The van der Waals surface area contributed by atoms with Crippen LogP contribution in [0.15, 0.2) is 79.3 Å². The number of carbonyl (C=O) groups excluding carboxylic acids is 1. The number of benzene rings is 1. The zero-order valence-corrected chi connectivity index (χ0v) is 18.8. The molecule has 0 radical (unpaired) electrons. The van der Waals surface area contributed by atoms with Crippen molar-refractivity contribution in [2.45, 2.75) is 23.3 Å². The van der Waals surface area contributed by atoms with E-state index in [0.717, 1.165) is 5.56 Å². The number of nitrogens with one attached hydrogen (secondary N) is 1. The fourth-order valence-electron chi connectivity index (χ4n) is 3.34. The molecule has 3 aromatic heterocycles. The van der Waals surface area contributed by atoms with Crippen LogP contribution in [0.4, 0.5) is 9.52 Å².